The Bertz CT molecular complexity index is 5830. The molecule has 3 heterocycles. The van der Waals surface area contributed by atoms with E-state index in [1.54, 1.807) is 0 Å². The van der Waals surface area contributed by atoms with Crippen LogP contribution in [0.2, 0.25) is 0 Å². The van der Waals surface area contributed by atoms with Crippen molar-refractivity contribution in [2.45, 2.75) is 194 Å². The van der Waals surface area contributed by atoms with Gasteiger partial charge in [0.05, 0.1) is 33.1 Å². The van der Waals surface area contributed by atoms with Gasteiger partial charge in [-0.3, -0.25) is 0 Å². The van der Waals surface area contributed by atoms with Crippen LogP contribution < -0.4 is 14.7 Å². The lowest BCUT2D eigenvalue weighted by Crippen LogP contribution is -2.08. The van der Waals surface area contributed by atoms with Gasteiger partial charge < -0.3 is 28.4 Å². The average Bonchev–Trinajstić information content (AvgIpc) is 1.53. The zero-order chi connectivity index (χ0) is 74.8. The van der Waals surface area contributed by atoms with Crippen LogP contribution in [0.25, 0.3) is 104 Å². The highest BCUT2D eigenvalue weighted by atomic mass is 15.1. The molecule has 3 aromatic heterocycles. The summed E-state index contributed by atoms with van der Waals surface area (Å²) in [7, 11) is 12.6. The lowest BCUT2D eigenvalue weighted by Gasteiger charge is -2.21. The normalized spacial score (nSPS) is 11.8. The smallest absolute Gasteiger partial charge is 0.0625 e. The van der Waals surface area contributed by atoms with Crippen LogP contribution in [-0.2, 0) is 0 Å². The maximum absolute atomic E-state index is 2.58. The standard InChI is InChI=1S/2C34H40N2.C28H34N2/c1-17-18(2)22(6)30-29(21(17)5)24(8)25(9)32-31-23(7)19(3)20(4)26(10)33(31)36(34(30)32)28-15-13-27(14-16-28)35(11)12;1-17-18(2)22(6)30-29(21(17)5)24(8)26(10)34-32(30)31-23(7)19(3)20(4)25(9)33(31)36(34)28-15-13-27(14-16-28)35(11)12;1-15-17(3)21(7)27-25(19(15)5)26-20(6)16(2)18(4)22(8)28(26)30(27)24-13-11-23(12-14-24)29(9)10/h2*13-16H,1-12H3;11-14H,1-10H3. The van der Waals surface area contributed by atoms with E-state index in [0.29, 0.717) is 0 Å². The first-order valence-electron chi connectivity index (χ1n) is 37.1. The number of hydrogen-bond acceptors (Lipinski definition) is 3. The molecule has 11 aromatic carbocycles. The van der Waals surface area contributed by atoms with Gasteiger partial charge in [0, 0.05) is 114 Å². The van der Waals surface area contributed by atoms with Crippen LogP contribution in [0.1, 0.15) is 156 Å². The predicted molar refractivity (Wildman–Crippen MR) is 453 cm³/mol. The summed E-state index contributed by atoms with van der Waals surface area (Å²) in [4.78, 5) is 6.49. The zero-order valence-corrected chi connectivity index (χ0v) is 68.6. The minimum absolute atomic E-state index is 1.22. The second kappa shape index (κ2) is 25.9. The van der Waals surface area contributed by atoms with Crippen LogP contribution in [0.15, 0.2) is 72.8 Å². The number of anilines is 3. The van der Waals surface area contributed by atoms with Gasteiger partial charge in [-0.1, -0.05) is 0 Å². The van der Waals surface area contributed by atoms with Crippen LogP contribution in [-0.4, -0.2) is 56.0 Å². The lowest BCUT2D eigenvalue weighted by molar-refractivity contribution is 1.11. The third-order valence-corrected chi connectivity index (χ3v) is 26.5. The highest BCUT2D eigenvalue weighted by Gasteiger charge is 2.30. The second-order valence-corrected chi connectivity index (χ2v) is 31.6. The number of nitrogens with zero attached hydrogens (tertiary/aromatic N) is 6. The van der Waals surface area contributed by atoms with Gasteiger partial charge in [0.2, 0.25) is 0 Å². The third-order valence-electron chi connectivity index (χ3n) is 26.5. The summed E-state index contributed by atoms with van der Waals surface area (Å²) in [5, 5.41) is 14.2. The molecule has 0 aliphatic heterocycles. The van der Waals surface area contributed by atoms with Crippen molar-refractivity contribution in [3.8, 4) is 17.1 Å². The molecule has 0 aliphatic rings. The average molecular weight is 1350 g/mol. The Labute approximate surface area is 610 Å². The van der Waals surface area contributed by atoms with E-state index in [1.807, 2.05) is 0 Å². The summed E-state index contributed by atoms with van der Waals surface area (Å²) in [5.41, 5.74) is 54.8. The minimum Gasteiger partial charge on any atom is -0.378 e. The van der Waals surface area contributed by atoms with E-state index in [4.69, 9.17) is 0 Å². The Balaban J connectivity index is 0.000000145. The SMILES string of the molecule is Cc1c(C)c(C)c2c(c1C)c(C)c(C)c1c2c2c(C)c(C)c(C)c(C)c2n1-c1ccc(N(C)C)cc1.Cc1c(C)c(C)c2c(c1C)c(C)c(C)c1c3c(C)c(C)c(C)c(C)c3n(-c3ccc(N(C)C)cc3)c21.Cc1c(C)c(C)c2c(c1C)c1c(C)c(C)c(C)c(C)c1n2-c1ccc(N(C)C)cc1. The Hall–Kier alpha value is -9.26. The second-order valence-electron chi connectivity index (χ2n) is 31.6. The Morgan fingerprint density at radius 3 is 0.559 bits per heavy atom. The van der Waals surface area contributed by atoms with Crippen molar-refractivity contribution >= 4 is 104 Å². The van der Waals surface area contributed by atoms with Gasteiger partial charge in [-0.2, -0.15) is 0 Å². The van der Waals surface area contributed by atoms with Gasteiger partial charge in [0.15, 0.2) is 0 Å². The molecule has 0 spiro atoms. The van der Waals surface area contributed by atoms with E-state index in [1.165, 1.54) is 277 Å². The van der Waals surface area contributed by atoms with Gasteiger partial charge in [-0.05, 0) is 439 Å². The Morgan fingerprint density at radius 1 is 0.147 bits per heavy atom. The number of rotatable bonds is 6. The molecular weight excluding hydrogens is 1240 g/mol. The summed E-state index contributed by atoms with van der Waals surface area (Å²) >= 11 is 0. The summed E-state index contributed by atoms with van der Waals surface area (Å²) in [6.07, 6.45) is 0. The van der Waals surface area contributed by atoms with Crippen LogP contribution in [0.5, 0.6) is 0 Å². The number of hydrogen-bond donors (Lipinski definition) is 0. The topological polar surface area (TPSA) is 24.5 Å². The maximum Gasteiger partial charge on any atom is 0.0625 e. The van der Waals surface area contributed by atoms with Gasteiger partial charge in [0.1, 0.15) is 0 Å². The molecule has 0 atom stereocenters. The molecule has 14 aromatic rings. The van der Waals surface area contributed by atoms with Gasteiger partial charge in [0.25, 0.3) is 0 Å². The number of aryl methyl sites for hydroxylation is 16. The molecule has 0 radical (unpaired) electrons. The van der Waals surface area contributed by atoms with E-state index >= 15 is 0 Å². The van der Waals surface area contributed by atoms with E-state index < -0.39 is 0 Å². The molecular formula is C96H114N6. The first-order chi connectivity index (χ1) is 47.9. The Kier molecular flexibility index (Phi) is 18.4. The third kappa shape index (κ3) is 10.4. The van der Waals surface area contributed by atoms with Crippen LogP contribution in [0, 0.1) is 194 Å². The van der Waals surface area contributed by atoms with Gasteiger partial charge in [-0.25, -0.2) is 0 Å². The molecule has 6 heteroatoms. The van der Waals surface area contributed by atoms with Gasteiger partial charge >= 0.3 is 0 Å². The van der Waals surface area contributed by atoms with E-state index in [0.717, 1.165) is 0 Å². The summed E-state index contributed by atoms with van der Waals surface area (Å²) in [6, 6.07) is 27.1. The van der Waals surface area contributed by atoms with Gasteiger partial charge in [-0.15, -0.1) is 0 Å². The summed E-state index contributed by atoms with van der Waals surface area (Å²) < 4.78 is 7.66. The fourth-order valence-corrected chi connectivity index (χ4v) is 17.9. The molecule has 6 nitrogen and oxygen atoms in total. The van der Waals surface area contributed by atoms with Crippen molar-refractivity contribution in [1.29, 1.82) is 0 Å². The van der Waals surface area contributed by atoms with Crippen molar-refractivity contribution in [3.05, 3.63) is 229 Å². The van der Waals surface area contributed by atoms with Crippen LogP contribution >= 0.6 is 0 Å². The molecule has 0 bridgehead atoms. The van der Waals surface area contributed by atoms with Crippen molar-refractivity contribution in [3.63, 3.8) is 0 Å². The molecule has 0 N–H and O–H groups in total. The molecule has 528 valence electrons. The largest absolute Gasteiger partial charge is 0.378 e. The summed E-state index contributed by atoms with van der Waals surface area (Å²) in [5.74, 6) is 0. The predicted octanol–water partition coefficient (Wildman–Crippen LogP) is 25.5. The molecule has 0 fully saturated rings. The molecule has 0 amide bonds. The van der Waals surface area contributed by atoms with Crippen molar-refractivity contribution in [1.82, 2.24) is 13.7 Å². The molecule has 0 saturated carbocycles. The number of fused-ring (bicyclic) bond motifs is 13. The molecule has 0 unspecified atom stereocenters. The fourth-order valence-electron chi connectivity index (χ4n) is 17.9. The highest BCUT2D eigenvalue weighted by Crippen LogP contribution is 2.51. The summed E-state index contributed by atoms with van der Waals surface area (Å²) in [6.45, 7) is 64.4. The van der Waals surface area contributed by atoms with E-state index in [9.17, 15) is 0 Å². The molecule has 102 heavy (non-hydrogen) atoms. The minimum atomic E-state index is 1.22. The number of aromatic nitrogens is 3. The zero-order valence-electron chi connectivity index (χ0n) is 68.6. The van der Waals surface area contributed by atoms with E-state index in [2.05, 4.69) is 337 Å². The lowest BCUT2D eigenvalue weighted by atomic mass is 9.84. The van der Waals surface area contributed by atoms with Crippen LogP contribution in [0.4, 0.5) is 17.1 Å². The quantitative estimate of drug-likeness (QED) is 0.166. The first-order valence-corrected chi connectivity index (χ1v) is 37.1. The maximum atomic E-state index is 2.58. The fraction of sp³-hybridized carbons (Fsp3) is 0.354. The number of benzene rings is 11. The molecule has 0 aliphatic carbocycles. The molecule has 0 saturated heterocycles. The van der Waals surface area contributed by atoms with Crippen molar-refractivity contribution < 1.29 is 0 Å². The highest BCUT2D eigenvalue weighted by molar-refractivity contribution is 6.27. The monoisotopic (exact) mass is 1350 g/mol. The van der Waals surface area contributed by atoms with Crippen molar-refractivity contribution in [2.24, 2.45) is 0 Å². The molecule has 14 rings (SSSR count). The first kappa shape index (κ1) is 72.5. The Morgan fingerprint density at radius 2 is 0.294 bits per heavy atom. The van der Waals surface area contributed by atoms with E-state index in [-0.39, 0.29) is 0 Å². The van der Waals surface area contributed by atoms with Crippen molar-refractivity contribution in [2.75, 3.05) is 57.0 Å². The van der Waals surface area contributed by atoms with Crippen LogP contribution in [0.3, 0.4) is 0 Å².